The van der Waals surface area contributed by atoms with Crippen molar-refractivity contribution in [3.63, 3.8) is 0 Å². The highest BCUT2D eigenvalue weighted by Gasteiger charge is 2.14. The van der Waals surface area contributed by atoms with Crippen LogP contribution in [0.4, 0.5) is 0 Å². The van der Waals surface area contributed by atoms with Gasteiger partial charge < -0.3 is 16.2 Å². The third-order valence-corrected chi connectivity index (χ3v) is 3.05. The van der Waals surface area contributed by atoms with E-state index in [1.165, 1.54) is 0 Å². The lowest BCUT2D eigenvalue weighted by Crippen LogP contribution is -2.38. The molecule has 0 aromatic carbocycles. The second-order valence-corrected chi connectivity index (χ2v) is 4.74. The van der Waals surface area contributed by atoms with Gasteiger partial charge in [-0.15, -0.1) is 0 Å². The highest BCUT2D eigenvalue weighted by Crippen LogP contribution is 2.09. The zero-order chi connectivity index (χ0) is 12.6. The number of hydrogen-bond donors (Lipinski definition) is 3. The molecule has 4 heteroatoms. The Kier molecular flexibility index (Phi) is 8.21. The summed E-state index contributed by atoms with van der Waals surface area (Å²) in [6.45, 7) is 6.73. The van der Waals surface area contributed by atoms with Crippen molar-refractivity contribution >= 4 is 5.91 Å². The van der Waals surface area contributed by atoms with Crippen LogP contribution in [0.15, 0.2) is 0 Å². The van der Waals surface area contributed by atoms with Gasteiger partial charge >= 0.3 is 0 Å². The molecule has 4 nitrogen and oxygen atoms in total. The molecule has 0 radical (unpaired) electrons. The number of carbonyl (C=O) groups excluding carboxylic acids is 1. The lowest BCUT2D eigenvalue weighted by molar-refractivity contribution is -0.122. The highest BCUT2D eigenvalue weighted by molar-refractivity contribution is 5.76. The van der Waals surface area contributed by atoms with E-state index in [1.807, 2.05) is 13.8 Å². The Hall–Kier alpha value is -0.610. The smallest absolute Gasteiger partial charge is 0.220 e. The van der Waals surface area contributed by atoms with E-state index >= 15 is 0 Å². The van der Waals surface area contributed by atoms with Crippen LogP contribution in [-0.4, -0.2) is 30.2 Å². The van der Waals surface area contributed by atoms with Gasteiger partial charge in [-0.1, -0.05) is 13.8 Å². The van der Waals surface area contributed by atoms with Gasteiger partial charge in [-0.05, 0) is 38.1 Å². The van der Waals surface area contributed by atoms with E-state index in [-0.39, 0.29) is 24.5 Å². The van der Waals surface area contributed by atoms with Crippen molar-refractivity contribution in [1.29, 1.82) is 0 Å². The summed E-state index contributed by atoms with van der Waals surface area (Å²) >= 11 is 0. The lowest BCUT2D eigenvalue weighted by atomic mass is 10.0. The van der Waals surface area contributed by atoms with Crippen molar-refractivity contribution in [3.8, 4) is 0 Å². The van der Waals surface area contributed by atoms with Crippen LogP contribution in [0.25, 0.3) is 0 Å². The first-order chi connectivity index (χ1) is 7.51. The fourth-order valence-electron chi connectivity index (χ4n) is 1.43. The highest BCUT2D eigenvalue weighted by atomic mass is 16.3. The Labute approximate surface area is 98.6 Å². The van der Waals surface area contributed by atoms with Crippen molar-refractivity contribution in [3.05, 3.63) is 0 Å². The van der Waals surface area contributed by atoms with Gasteiger partial charge in [0.05, 0.1) is 0 Å². The van der Waals surface area contributed by atoms with Crippen LogP contribution in [-0.2, 0) is 4.79 Å². The minimum Gasteiger partial charge on any atom is -0.396 e. The molecule has 0 aromatic rings. The van der Waals surface area contributed by atoms with Crippen molar-refractivity contribution in [2.75, 3.05) is 13.2 Å². The Bertz CT molecular complexity index is 197. The van der Waals surface area contributed by atoms with Crippen LogP contribution >= 0.6 is 0 Å². The van der Waals surface area contributed by atoms with Gasteiger partial charge in [0.25, 0.3) is 0 Å². The summed E-state index contributed by atoms with van der Waals surface area (Å²) in [6, 6.07) is 0.0299. The van der Waals surface area contributed by atoms with Crippen LogP contribution in [0.3, 0.4) is 0 Å². The van der Waals surface area contributed by atoms with Crippen LogP contribution < -0.4 is 11.1 Å². The molecule has 3 atom stereocenters. The molecule has 0 bridgehead atoms. The standard InChI is InChI=1S/C12H26N2O2/c1-9(6-7-13)4-5-12(16)14-11(3)10(2)8-15/h9-11,15H,4-8,13H2,1-3H3,(H,14,16). The van der Waals surface area contributed by atoms with Crippen LogP contribution in [0, 0.1) is 11.8 Å². The third-order valence-electron chi connectivity index (χ3n) is 3.05. The van der Waals surface area contributed by atoms with E-state index in [0.717, 1.165) is 12.8 Å². The number of nitrogens with one attached hydrogen (secondary N) is 1. The molecule has 0 rings (SSSR count). The van der Waals surface area contributed by atoms with Gasteiger partial charge in [-0.3, -0.25) is 4.79 Å². The Morgan fingerprint density at radius 2 is 1.94 bits per heavy atom. The lowest BCUT2D eigenvalue weighted by Gasteiger charge is -2.19. The third kappa shape index (κ3) is 6.80. The number of aliphatic hydroxyl groups excluding tert-OH is 1. The van der Waals surface area contributed by atoms with Gasteiger partial charge in [0, 0.05) is 19.1 Å². The molecule has 16 heavy (non-hydrogen) atoms. The molecule has 96 valence electrons. The maximum atomic E-state index is 11.6. The first kappa shape index (κ1) is 15.4. The second kappa shape index (κ2) is 8.53. The van der Waals surface area contributed by atoms with Crippen LogP contribution in [0.5, 0.6) is 0 Å². The van der Waals surface area contributed by atoms with Gasteiger partial charge in [0.2, 0.25) is 5.91 Å². The van der Waals surface area contributed by atoms with E-state index in [2.05, 4.69) is 12.2 Å². The molecule has 0 heterocycles. The summed E-state index contributed by atoms with van der Waals surface area (Å²) in [5, 5.41) is 11.8. The molecule has 1 amide bonds. The predicted octanol–water partition coefficient (Wildman–Crippen LogP) is 0.885. The predicted molar refractivity (Wildman–Crippen MR) is 65.9 cm³/mol. The summed E-state index contributed by atoms with van der Waals surface area (Å²) in [6.07, 6.45) is 2.39. The first-order valence-corrected chi connectivity index (χ1v) is 6.11. The number of hydrogen-bond acceptors (Lipinski definition) is 3. The maximum Gasteiger partial charge on any atom is 0.220 e. The minimum atomic E-state index is 0.0299. The fraction of sp³-hybridized carbons (Fsp3) is 0.917. The fourth-order valence-corrected chi connectivity index (χ4v) is 1.43. The maximum absolute atomic E-state index is 11.6. The topological polar surface area (TPSA) is 75.4 Å². The monoisotopic (exact) mass is 230 g/mol. The van der Waals surface area contributed by atoms with Gasteiger partial charge in [-0.2, -0.15) is 0 Å². The van der Waals surface area contributed by atoms with Crippen LogP contribution in [0.2, 0.25) is 0 Å². The average Bonchev–Trinajstić information content (AvgIpc) is 2.25. The molecule has 0 aromatic heterocycles. The zero-order valence-electron chi connectivity index (χ0n) is 10.7. The Morgan fingerprint density at radius 3 is 2.44 bits per heavy atom. The summed E-state index contributed by atoms with van der Waals surface area (Å²) in [5.74, 6) is 0.670. The largest absolute Gasteiger partial charge is 0.396 e. The van der Waals surface area contributed by atoms with Gasteiger partial charge in [0.15, 0.2) is 0 Å². The molecule has 3 unspecified atom stereocenters. The molecular formula is C12H26N2O2. The molecular weight excluding hydrogens is 204 g/mol. The molecule has 0 saturated carbocycles. The van der Waals surface area contributed by atoms with E-state index in [0.29, 0.717) is 18.9 Å². The normalized spacial score (nSPS) is 16.6. The number of amides is 1. The van der Waals surface area contributed by atoms with E-state index < -0.39 is 0 Å². The number of rotatable bonds is 8. The molecule has 0 aliphatic carbocycles. The van der Waals surface area contributed by atoms with E-state index in [4.69, 9.17) is 10.8 Å². The van der Waals surface area contributed by atoms with Crippen molar-refractivity contribution in [2.45, 2.75) is 46.1 Å². The van der Waals surface area contributed by atoms with Gasteiger partial charge in [-0.25, -0.2) is 0 Å². The first-order valence-electron chi connectivity index (χ1n) is 6.11. The summed E-state index contributed by atoms with van der Waals surface area (Å²) in [5.41, 5.74) is 5.45. The van der Waals surface area contributed by atoms with Crippen molar-refractivity contribution in [1.82, 2.24) is 5.32 Å². The quantitative estimate of drug-likeness (QED) is 0.579. The molecule has 0 aliphatic rings. The minimum absolute atomic E-state index is 0.0299. The Balaban J connectivity index is 3.73. The molecule has 0 aliphatic heterocycles. The second-order valence-electron chi connectivity index (χ2n) is 4.74. The summed E-state index contributed by atoms with van der Waals surface area (Å²) in [7, 11) is 0. The van der Waals surface area contributed by atoms with E-state index in [1.54, 1.807) is 0 Å². The summed E-state index contributed by atoms with van der Waals surface area (Å²) < 4.78 is 0. The SMILES string of the molecule is CC(CCN)CCC(=O)NC(C)C(C)CO. The zero-order valence-corrected chi connectivity index (χ0v) is 10.7. The number of carbonyl (C=O) groups is 1. The average molecular weight is 230 g/mol. The molecule has 0 spiro atoms. The number of nitrogens with two attached hydrogens (primary N) is 1. The Morgan fingerprint density at radius 1 is 1.31 bits per heavy atom. The van der Waals surface area contributed by atoms with Crippen molar-refractivity contribution < 1.29 is 9.90 Å². The van der Waals surface area contributed by atoms with E-state index in [9.17, 15) is 4.79 Å². The van der Waals surface area contributed by atoms with Gasteiger partial charge in [0.1, 0.15) is 0 Å². The van der Waals surface area contributed by atoms with Crippen LogP contribution in [0.1, 0.15) is 40.0 Å². The summed E-state index contributed by atoms with van der Waals surface area (Å²) in [4.78, 5) is 11.6. The molecule has 4 N–H and O–H groups in total. The molecule has 0 saturated heterocycles. The number of aliphatic hydroxyl groups is 1. The van der Waals surface area contributed by atoms with Crippen molar-refractivity contribution in [2.24, 2.45) is 17.6 Å². The molecule has 0 fully saturated rings.